The summed E-state index contributed by atoms with van der Waals surface area (Å²) in [5.74, 6) is 0.0963. The molecule has 1 aliphatic rings. The number of hydrogen-bond donors (Lipinski definition) is 2. The lowest BCUT2D eigenvalue weighted by Crippen LogP contribution is -2.27. The van der Waals surface area contributed by atoms with Crippen LogP contribution < -0.4 is 16.0 Å². The Labute approximate surface area is 133 Å². The highest BCUT2D eigenvalue weighted by molar-refractivity contribution is 7.15. The third kappa shape index (κ3) is 2.95. The fraction of sp³-hybridized carbons (Fsp3) is 0.400. The molecule has 22 heavy (non-hydrogen) atoms. The topological polar surface area (TPSA) is 84.1 Å². The number of carbonyl (C=O) groups is 1. The molecular weight excluding hydrogens is 298 g/mol. The Morgan fingerprint density at radius 3 is 3.09 bits per heavy atom. The lowest BCUT2D eigenvalue weighted by molar-refractivity contribution is 0.103. The minimum absolute atomic E-state index is 0.154. The first kappa shape index (κ1) is 14.9. The van der Waals surface area contributed by atoms with Crippen LogP contribution in [0.2, 0.25) is 0 Å². The van der Waals surface area contributed by atoms with E-state index in [-0.39, 0.29) is 11.6 Å². The van der Waals surface area contributed by atoms with Gasteiger partial charge in [0.15, 0.2) is 5.13 Å². The van der Waals surface area contributed by atoms with Gasteiger partial charge in [0.05, 0.1) is 5.56 Å². The number of carbonyl (C=O) groups excluding carboxylic acids is 1. The van der Waals surface area contributed by atoms with Crippen LogP contribution >= 0.6 is 11.3 Å². The molecule has 116 valence electrons. The van der Waals surface area contributed by atoms with Gasteiger partial charge in [-0.3, -0.25) is 4.79 Å². The molecule has 0 radical (unpaired) electrons. The Balaban J connectivity index is 1.89. The third-order valence-electron chi connectivity index (χ3n) is 3.69. The maximum absolute atomic E-state index is 12.6. The molecular formula is C15H19N5OS. The van der Waals surface area contributed by atoms with E-state index in [2.05, 4.69) is 20.2 Å². The number of nitrogens with one attached hydrogen (secondary N) is 1. The lowest BCUT2D eigenvalue weighted by atomic mass is 10.1. The highest BCUT2D eigenvalue weighted by atomic mass is 32.1. The predicted molar refractivity (Wildman–Crippen MR) is 88.6 cm³/mol. The Morgan fingerprint density at radius 1 is 1.41 bits per heavy atom. The largest absolute Gasteiger partial charge is 0.383 e. The zero-order valence-corrected chi connectivity index (χ0v) is 13.3. The number of aromatic nitrogens is 2. The number of anilines is 2. The lowest BCUT2D eigenvalue weighted by Gasteiger charge is -2.18. The maximum atomic E-state index is 12.6. The molecule has 2 aromatic rings. The highest BCUT2D eigenvalue weighted by Crippen LogP contribution is 2.28. The van der Waals surface area contributed by atoms with E-state index in [4.69, 9.17) is 5.73 Å². The summed E-state index contributed by atoms with van der Waals surface area (Å²) in [6, 6.07) is 3.41. The molecule has 3 N–H and O–H groups in total. The van der Waals surface area contributed by atoms with Crippen LogP contribution in [0.3, 0.4) is 0 Å². The average Bonchev–Trinajstić information content (AvgIpc) is 2.74. The number of thiazole rings is 1. The fourth-order valence-electron chi connectivity index (χ4n) is 2.50. The van der Waals surface area contributed by atoms with Crippen molar-refractivity contribution in [3.8, 4) is 0 Å². The van der Waals surface area contributed by atoms with Gasteiger partial charge in [0.2, 0.25) is 5.78 Å². The summed E-state index contributed by atoms with van der Waals surface area (Å²) < 4.78 is 0. The molecule has 0 aromatic carbocycles. The van der Waals surface area contributed by atoms with Crippen molar-refractivity contribution in [3.05, 3.63) is 34.5 Å². The van der Waals surface area contributed by atoms with Crippen LogP contribution in [0.4, 0.5) is 10.9 Å². The van der Waals surface area contributed by atoms with Gasteiger partial charge in [-0.05, 0) is 32.0 Å². The normalized spacial score (nSPS) is 15.6. The number of aryl methyl sites for hydroxylation is 1. The molecule has 0 saturated carbocycles. The van der Waals surface area contributed by atoms with Crippen molar-refractivity contribution < 1.29 is 4.79 Å². The molecule has 2 aromatic heterocycles. The molecule has 7 heteroatoms. The fourth-order valence-corrected chi connectivity index (χ4v) is 3.46. The Hall–Kier alpha value is -1.99. The van der Waals surface area contributed by atoms with Crippen LogP contribution in [0, 0.1) is 6.92 Å². The van der Waals surface area contributed by atoms with Crippen LogP contribution in [0.1, 0.15) is 27.3 Å². The van der Waals surface area contributed by atoms with Gasteiger partial charge in [-0.25, -0.2) is 9.97 Å². The van der Waals surface area contributed by atoms with Crippen molar-refractivity contribution in [3.63, 3.8) is 0 Å². The van der Waals surface area contributed by atoms with Crippen molar-refractivity contribution in [2.24, 2.45) is 0 Å². The first-order chi connectivity index (χ1) is 10.7. The smallest absolute Gasteiger partial charge is 0.216 e. The molecule has 1 aliphatic heterocycles. The molecule has 0 atom stereocenters. The zero-order valence-electron chi connectivity index (χ0n) is 12.5. The molecule has 0 spiro atoms. The average molecular weight is 317 g/mol. The molecule has 3 heterocycles. The molecule has 1 fully saturated rings. The summed E-state index contributed by atoms with van der Waals surface area (Å²) in [6.07, 6.45) is 2.66. The maximum Gasteiger partial charge on any atom is 0.216 e. The number of rotatable bonds is 3. The van der Waals surface area contributed by atoms with Crippen LogP contribution in [-0.4, -0.2) is 41.9 Å². The summed E-state index contributed by atoms with van der Waals surface area (Å²) in [7, 11) is 0. The van der Waals surface area contributed by atoms with E-state index < -0.39 is 0 Å². The highest BCUT2D eigenvalue weighted by Gasteiger charge is 2.22. The van der Waals surface area contributed by atoms with Crippen LogP contribution in [-0.2, 0) is 0 Å². The van der Waals surface area contributed by atoms with Gasteiger partial charge in [-0.2, -0.15) is 0 Å². The van der Waals surface area contributed by atoms with E-state index in [1.54, 1.807) is 29.7 Å². The molecule has 1 saturated heterocycles. The predicted octanol–water partition coefficient (Wildman–Crippen LogP) is 1.46. The van der Waals surface area contributed by atoms with Gasteiger partial charge in [0.25, 0.3) is 0 Å². The van der Waals surface area contributed by atoms with Crippen molar-refractivity contribution >= 4 is 28.1 Å². The first-order valence-corrected chi connectivity index (χ1v) is 8.17. The quantitative estimate of drug-likeness (QED) is 0.834. The van der Waals surface area contributed by atoms with Crippen molar-refractivity contribution in [2.45, 2.75) is 13.3 Å². The summed E-state index contributed by atoms with van der Waals surface area (Å²) in [4.78, 5) is 24.4. The summed E-state index contributed by atoms with van der Waals surface area (Å²) >= 11 is 1.56. The molecule has 3 rings (SSSR count). The SMILES string of the molecule is Cc1sc(N2CCCNCC2)nc1C(=O)c1cccnc1N. The van der Waals surface area contributed by atoms with Gasteiger partial charge in [-0.1, -0.05) is 0 Å². The Morgan fingerprint density at radius 2 is 2.27 bits per heavy atom. The van der Waals surface area contributed by atoms with Crippen molar-refractivity contribution in [1.29, 1.82) is 0 Å². The van der Waals surface area contributed by atoms with E-state index in [1.165, 1.54) is 0 Å². The van der Waals surface area contributed by atoms with E-state index in [0.29, 0.717) is 11.3 Å². The van der Waals surface area contributed by atoms with E-state index in [0.717, 1.165) is 42.6 Å². The molecule has 0 unspecified atom stereocenters. The van der Waals surface area contributed by atoms with E-state index >= 15 is 0 Å². The zero-order chi connectivity index (χ0) is 15.5. The van der Waals surface area contributed by atoms with E-state index in [1.807, 2.05) is 6.92 Å². The summed E-state index contributed by atoms with van der Waals surface area (Å²) in [5, 5.41) is 4.28. The minimum atomic E-state index is -0.154. The standard InChI is InChI=1S/C15H19N5OS/c1-10-12(13(21)11-4-2-6-18-14(11)16)19-15(22-10)20-8-3-5-17-7-9-20/h2,4,6,17H,3,5,7-9H2,1H3,(H2,16,18). The van der Waals surface area contributed by atoms with Crippen LogP contribution in [0.25, 0.3) is 0 Å². The van der Waals surface area contributed by atoms with E-state index in [9.17, 15) is 4.79 Å². The van der Waals surface area contributed by atoms with Gasteiger partial charge in [0, 0.05) is 30.7 Å². The van der Waals surface area contributed by atoms with Crippen molar-refractivity contribution in [1.82, 2.24) is 15.3 Å². The van der Waals surface area contributed by atoms with Crippen LogP contribution in [0.5, 0.6) is 0 Å². The number of ketones is 1. The van der Waals surface area contributed by atoms with Crippen LogP contribution in [0.15, 0.2) is 18.3 Å². The van der Waals surface area contributed by atoms with Crippen molar-refractivity contribution in [2.75, 3.05) is 36.8 Å². The number of nitrogens with two attached hydrogens (primary N) is 1. The van der Waals surface area contributed by atoms with Gasteiger partial charge in [-0.15, -0.1) is 11.3 Å². The second kappa shape index (κ2) is 6.41. The van der Waals surface area contributed by atoms with Gasteiger partial charge in [0.1, 0.15) is 11.5 Å². The number of nitrogens with zero attached hydrogens (tertiary/aromatic N) is 3. The third-order valence-corrected chi connectivity index (χ3v) is 4.73. The number of hydrogen-bond acceptors (Lipinski definition) is 7. The van der Waals surface area contributed by atoms with Gasteiger partial charge < -0.3 is 16.0 Å². The first-order valence-electron chi connectivity index (χ1n) is 7.35. The monoisotopic (exact) mass is 317 g/mol. The molecule has 0 aliphatic carbocycles. The summed E-state index contributed by atoms with van der Waals surface area (Å²) in [6.45, 7) is 5.77. The van der Waals surface area contributed by atoms with Gasteiger partial charge >= 0.3 is 0 Å². The summed E-state index contributed by atoms with van der Waals surface area (Å²) in [5.41, 5.74) is 6.70. The Kier molecular flexibility index (Phi) is 4.35. The molecule has 6 nitrogen and oxygen atoms in total. The Bertz CT molecular complexity index is 676. The second-order valence-corrected chi connectivity index (χ2v) is 6.44. The number of nitrogen functional groups attached to an aromatic ring is 1. The molecule has 0 bridgehead atoms. The second-order valence-electron chi connectivity index (χ2n) is 5.26. The molecule has 0 amide bonds. The number of pyridine rings is 1. The minimum Gasteiger partial charge on any atom is -0.383 e.